The van der Waals surface area contributed by atoms with E-state index in [2.05, 4.69) is 6.58 Å². The number of allylic oxidation sites excluding steroid dienone is 3. The van der Waals surface area contributed by atoms with Crippen molar-refractivity contribution >= 4 is 23.5 Å². The molecular formula is C24H29NO7. The lowest BCUT2D eigenvalue weighted by Crippen LogP contribution is -2.43. The Balaban J connectivity index is 2.51. The summed E-state index contributed by atoms with van der Waals surface area (Å²) in [5, 5.41) is 8.91. The van der Waals surface area contributed by atoms with Gasteiger partial charge in [0.2, 0.25) is 5.91 Å². The first-order valence-electron chi connectivity index (χ1n) is 10.1. The second kappa shape index (κ2) is 10.8. The van der Waals surface area contributed by atoms with Crippen molar-refractivity contribution in [3.05, 3.63) is 60.4 Å². The zero-order valence-corrected chi connectivity index (χ0v) is 18.8. The second-order valence-electron chi connectivity index (χ2n) is 8.17. The third-order valence-corrected chi connectivity index (χ3v) is 4.43. The number of carboxylic acid groups (broad SMARTS) is 1. The Morgan fingerprint density at radius 2 is 1.97 bits per heavy atom. The average Bonchev–Trinajstić information content (AvgIpc) is 2.70. The maximum Gasteiger partial charge on any atom is 0.329 e. The molecule has 1 aliphatic heterocycles. The summed E-state index contributed by atoms with van der Waals surface area (Å²) in [6, 6.07) is 6.85. The summed E-state index contributed by atoms with van der Waals surface area (Å²) in [5.74, 6) is -2.12. The molecule has 172 valence electrons. The van der Waals surface area contributed by atoms with Gasteiger partial charge in [0.05, 0.1) is 18.2 Å². The lowest BCUT2D eigenvalue weighted by molar-refractivity contribution is -0.153. The van der Waals surface area contributed by atoms with E-state index in [1.807, 2.05) is 0 Å². The Hall–Kier alpha value is -3.39. The molecule has 0 spiro atoms. The van der Waals surface area contributed by atoms with Crippen molar-refractivity contribution in [1.82, 2.24) is 0 Å². The van der Waals surface area contributed by atoms with Gasteiger partial charge in [-0.25, -0.2) is 4.79 Å². The molecule has 0 aromatic heterocycles. The smallest absolute Gasteiger partial charge is 0.329 e. The minimum absolute atomic E-state index is 0.140. The van der Waals surface area contributed by atoms with Crippen LogP contribution < -0.4 is 9.64 Å². The Kier molecular flexibility index (Phi) is 8.37. The summed E-state index contributed by atoms with van der Waals surface area (Å²) in [4.78, 5) is 38.2. The molecule has 0 bridgehead atoms. The highest BCUT2D eigenvalue weighted by molar-refractivity contribution is 6.01. The van der Waals surface area contributed by atoms with Crippen LogP contribution in [0.5, 0.6) is 5.75 Å². The van der Waals surface area contributed by atoms with E-state index in [9.17, 15) is 14.4 Å². The number of fused-ring (bicyclic) bond motifs is 1. The summed E-state index contributed by atoms with van der Waals surface area (Å²) in [6.07, 6.45) is 4.83. The van der Waals surface area contributed by atoms with Crippen LogP contribution in [0.4, 0.5) is 5.69 Å². The van der Waals surface area contributed by atoms with Crippen molar-refractivity contribution in [3.8, 4) is 5.75 Å². The van der Waals surface area contributed by atoms with Crippen LogP contribution in [0.25, 0.3) is 0 Å². The van der Waals surface area contributed by atoms with Crippen LogP contribution in [0.1, 0.15) is 27.7 Å². The number of carboxylic acids is 1. The molecule has 1 atom stereocenters. The van der Waals surface area contributed by atoms with Crippen LogP contribution >= 0.6 is 0 Å². The van der Waals surface area contributed by atoms with Gasteiger partial charge in [0, 0.05) is 5.57 Å². The van der Waals surface area contributed by atoms with E-state index in [4.69, 9.17) is 19.3 Å². The molecule has 0 saturated heterocycles. The monoisotopic (exact) mass is 443 g/mol. The van der Waals surface area contributed by atoms with E-state index in [1.54, 1.807) is 70.2 Å². The number of benzene rings is 1. The van der Waals surface area contributed by atoms with E-state index < -0.39 is 30.1 Å². The predicted octanol–water partition coefficient (Wildman–Crippen LogP) is 3.49. The van der Waals surface area contributed by atoms with E-state index in [0.717, 1.165) is 0 Å². The first kappa shape index (κ1) is 24.9. The summed E-state index contributed by atoms with van der Waals surface area (Å²) >= 11 is 0. The minimum atomic E-state index is -1.13. The van der Waals surface area contributed by atoms with Crippen LogP contribution in [0.15, 0.2) is 60.4 Å². The van der Waals surface area contributed by atoms with Crippen molar-refractivity contribution in [2.24, 2.45) is 5.92 Å². The van der Waals surface area contributed by atoms with Crippen LogP contribution in [0.3, 0.4) is 0 Å². The summed E-state index contributed by atoms with van der Waals surface area (Å²) in [7, 11) is 0. The number of esters is 1. The fourth-order valence-electron chi connectivity index (χ4n) is 3.07. The van der Waals surface area contributed by atoms with Gasteiger partial charge in [-0.3, -0.25) is 14.5 Å². The quantitative estimate of drug-likeness (QED) is 0.485. The van der Waals surface area contributed by atoms with Gasteiger partial charge in [-0.2, -0.15) is 0 Å². The number of ether oxygens (including phenoxy) is 3. The number of carbonyl (C=O) groups excluding carboxylic acids is 2. The number of hydrogen-bond donors (Lipinski definition) is 1. The fraction of sp³-hybridized carbons (Fsp3) is 0.375. The van der Waals surface area contributed by atoms with Gasteiger partial charge >= 0.3 is 11.9 Å². The van der Waals surface area contributed by atoms with Gasteiger partial charge in [0.15, 0.2) is 5.75 Å². The molecule has 1 amide bonds. The van der Waals surface area contributed by atoms with Crippen molar-refractivity contribution in [2.45, 2.75) is 33.3 Å². The summed E-state index contributed by atoms with van der Waals surface area (Å²) in [5.41, 5.74) is 0.159. The second-order valence-corrected chi connectivity index (χ2v) is 8.17. The van der Waals surface area contributed by atoms with E-state index in [0.29, 0.717) is 22.8 Å². The van der Waals surface area contributed by atoms with Crippen LogP contribution in [-0.2, 0) is 23.9 Å². The molecular weight excluding hydrogens is 414 g/mol. The third kappa shape index (κ3) is 6.81. The van der Waals surface area contributed by atoms with Gasteiger partial charge in [-0.15, -0.1) is 0 Å². The SMILES string of the molecule is C=C/C=C\C1=C(/COCC(=O)O)C(C)C(=O)N(CC(=O)OC(C)(C)C)c2ccccc2O1. The number of rotatable bonds is 8. The zero-order valence-electron chi connectivity index (χ0n) is 18.8. The van der Waals surface area contributed by atoms with Crippen LogP contribution in [-0.4, -0.2) is 48.3 Å². The maximum absolute atomic E-state index is 13.5. The predicted molar refractivity (Wildman–Crippen MR) is 119 cm³/mol. The van der Waals surface area contributed by atoms with Crippen molar-refractivity contribution in [3.63, 3.8) is 0 Å². The molecule has 8 heteroatoms. The highest BCUT2D eigenvalue weighted by Gasteiger charge is 2.33. The minimum Gasteiger partial charge on any atom is -0.480 e. The molecule has 1 N–H and O–H groups in total. The summed E-state index contributed by atoms with van der Waals surface area (Å²) < 4.78 is 16.8. The number of amides is 1. The van der Waals surface area contributed by atoms with Crippen LogP contribution in [0.2, 0.25) is 0 Å². The molecule has 0 radical (unpaired) electrons. The molecule has 1 heterocycles. The first-order chi connectivity index (χ1) is 15.0. The van der Waals surface area contributed by atoms with Gasteiger partial charge in [-0.1, -0.05) is 30.9 Å². The van der Waals surface area contributed by atoms with Gasteiger partial charge in [-0.05, 0) is 45.9 Å². The molecule has 32 heavy (non-hydrogen) atoms. The largest absolute Gasteiger partial charge is 0.480 e. The van der Waals surface area contributed by atoms with Crippen molar-refractivity contribution < 1.29 is 33.7 Å². The Labute approximate surface area is 187 Å². The van der Waals surface area contributed by atoms with Gasteiger partial charge in [0.25, 0.3) is 0 Å². The molecule has 1 aliphatic rings. The number of anilines is 1. The Morgan fingerprint density at radius 3 is 2.59 bits per heavy atom. The van der Waals surface area contributed by atoms with Crippen LogP contribution in [0, 0.1) is 5.92 Å². The number of aliphatic carboxylic acids is 1. The van der Waals surface area contributed by atoms with Gasteiger partial charge in [0.1, 0.15) is 24.5 Å². The summed E-state index contributed by atoms with van der Waals surface area (Å²) in [6.45, 7) is 9.58. The van der Waals surface area contributed by atoms with Crippen molar-refractivity contribution in [1.29, 1.82) is 0 Å². The lowest BCUT2D eigenvalue weighted by Gasteiger charge is -2.32. The Bertz CT molecular complexity index is 940. The number of para-hydroxylation sites is 2. The highest BCUT2D eigenvalue weighted by atomic mass is 16.6. The standard InChI is InChI=1S/C24H29NO7/c1-6-7-11-19-17(14-30-15-21(26)27)16(2)23(29)25(13-22(28)32-24(3,4)5)18-10-8-9-12-20(18)31-19/h6-12,16H,1,13-15H2,2-5H3,(H,26,27)/b11-7-,19-17-. The molecule has 1 aromatic rings. The third-order valence-electron chi connectivity index (χ3n) is 4.43. The van der Waals surface area contributed by atoms with E-state index in [1.165, 1.54) is 4.90 Å². The average molecular weight is 443 g/mol. The highest BCUT2D eigenvalue weighted by Crippen LogP contribution is 2.36. The van der Waals surface area contributed by atoms with Crippen molar-refractivity contribution in [2.75, 3.05) is 24.7 Å². The Morgan fingerprint density at radius 1 is 1.28 bits per heavy atom. The topological polar surface area (TPSA) is 102 Å². The normalized spacial score (nSPS) is 19.1. The van der Waals surface area contributed by atoms with E-state index in [-0.39, 0.29) is 19.1 Å². The molecule has 2 rings (SSSR count). The molecule has 1 aromatic carbocycles. The van der Waals surface area contributed by atoms with Gasteiger partial charge < -0.3 is 19.3 Å². The maximum atomic E-state index is 13.5. The molecule has 0 fully saturated rings. The number of nitrogens with zero attached hydrogens (tertiary/aromatic N) is 1. The molecule has 0 aliphatic carbocycles. The molecule has 8 nitrogen and oxygen atoms in total. The van der Waals surface area contributed by atoms with E-state index >= 15 is 0 Å². The molecule has 1 unspecified atom stereocenters. The first-order valence-corrected chi connectivity index (χ1v) is 10.1. The fourth-order valence-corrected chi connectivity index (χ4v) is 3.07. The number of carbonyl (C=O) groups is 3. The molecule has 0 saturated carbocycles. The zero-order chi connectivity index (χ0) is 23.9. The number of hydrogen-bond acceptors (Lipinski definition) is 6. The lowest BCUT2D eigenvalue weighted by atomic mass is 9.97.